The normalized spacial score (nSPS) is 10.4. The van der Waals surface area contributed by atoms with Crippen molar-refractivity contribution in [3.05, 3.63) is 28.8 Å². The molecule has 0 fully saturated rings. The number of rotatable bonds is 4. The van der Waals surface area contributed by atoms with E-state index in [0.717, 1.165) is 32.6 Å². The van der Waals surface area contributed by atoms with E-state index in [1.165, 1.54) is 11.3 Å². The molecular formula is C13H15NO3S. The summed E-state index contributed by atoms with van der Waals surface area (Å²) < 4.78 is 10.5. The van der Waals surface area contributed by atoms with Crippen molar-refractivity contribution in [3.63, 3.8) is 0 Å². The molecule has 0 spiro atoms. The first-order valence-electron chi connectivity index (χ1n) is 5.48. The van der Waals surface area contributed by atoms with E-state index in [0.29, 0.717) is 0 Å². The molecule has 96 valence electrons. The van der Waals surface area contributed by atoms with Gasteiger partial charge in [0, 0.05) is 11.6 Å². The van der Waals surface area contributed by atoms with Crippen molar-refractivity contribution in [2.75, 3.05) is 14.2 Å². The highest BCUT2D eigenvalue weighted by Crippen LogP contribution is 2.33. The lowest BCUT2D eigenvalue weighted by Gasteiger charge is -2.06. The van der Waals surface area contributed by atoms with Crippen LogP contribution in [0.3, 0.4) is 0 Å². The Labute approximate surface area is 110 Å². The van der Waals surface area contributed by atoms with Crippen LogP contribution in [0.2, 0.25) is 0 Å². The van der Waals surface area contributed by atoms with Crippen molar-refractivity contribution >= 4 is 11.3 Å². The standard InChI is InChI=1S/C13H15NO3S/c1-8-12(7-15)18-13(14-8)9-4-10(16-2)6-11(5-9)17-3/h4-6,15H,7H2,1-3H3. The molecule has 5 heteroatoms. The van der Waals surface area contributed by atoms with Gasteiger partial charge in [-0.15, -0.1) is 11.3 Å². The third-order valence-electron chi connectivity index (χ3n) is 2.63. The summed E-state index contributed by atoms with van der Waals surface area (Å²) in [6.45, 7) is 1.91. The smallest absolute Gasteiger partial charge is 0.124 e. The van der Waals surface area contributed by atoms with Gasteiger partial charge in [-0.3, -0.25) is 0 Å². The maximum Gasteiger partial charge on any atom is 0.124 e. The minimum absolute atomic E-state index is 0.0185. The van der Waals surface area contributed by atoms with E-state index in [2.05, 4.69) is 4.98 Å². The highest BCUT2D eigenvalue weighted by atomic mass is 32.1. The van der Waals surface area contributed by atoms with Crippen molar-refractivity contribution in [1.82, 2.24) is 4.98 Å². The molecule has 1 heterocycles. The van der Waals surface area contributed by atoms with E-state index in [4.69, 9.17) is 9.47 Å². The number of aliphatic hydroxyl groups excluding tert-OH is 1. The number of aromatic nitrogens is 1. The molecule has 0 aliphatic heterocycles. The molecule has 4 nitrogen and oxygen atoms in total. The average molecular weight is 265 g/mol. The van der Waals surface area contributed by atoms with Crippen molar-refractivity contribution in [1.29, 1.82) is 0 Å². The van der Waals surface area contributed by atoms with Crippen molar-refractivity contribution < 1.29 is 14.6 Å². The van der Waals surface area contributed by atoms with Gasteiger partial charge in [-0.25, -0.2) is 4.98 Å². The summed E-state index contributed by atoms with van der Waals surface area (Å²) in [5.41, 5.74) is 1.79. The Morgan fingerprint density at radius 3 is 2.22 bits per heavy atom. The summed E-state index contributed by atoms with van der Waals surface area (Å²) in [7, 11) is 3.23. The van der Waals surface area contributed by atoms with Crippen LogP contribution in [0.1, 0.15) is 10.6 Å². The molecule has 0 aliphatic carbocycles. The molecule has 1 aromatic heterocycles. The van der Waals surface area contributed by atoms with Gasteiger partial charge in [0.1, 0.15) is 16.5 Å². The minimum atomic E-state index is 0.0185. The summed E-state index contributed by atoms with van der Waals surface area (Å²) in [4.78, 5) is 5.33. The number of nitrogens with zero attached hydrogens (tertiary/aromatic N) is 1. The Hall–Kier alpha value is -1.59. The Bertz CT molecular complexity index is 529. The van der Waals surface area contributed by atoms with Gasteiger partial charge < -0.3 is 14.6 Å². The lowest BCUT2D eigenvalue weighted by atomic mass is 10.2. The molecule has 1 N–H and O–H groups in total. The third kappa shape index (κ3) is 2.47. The summed E-state index contributed by atoms with van der Waals surface area (Å²) in [5.74, 6) is 1.45. The number of methoxy groups -OCH3 is 2. The van der Waals surface area contributed by atoms with E-state index in [1.54, 1.807) is 14.2 Å². The number of hydrogen-bond acceptors (Lipinski definition) is 5. The van der Waals surface area contributed by atoms with Gasteiger partial charge in [0.25, 0.3) is 0 Å². The highest BCUT2D eigenvalue weighted by molar-refractivity contribution is 7.15. The lowest BCUT2D eigenvalue weighted by Crippen LogP contribution is -1.88. The molecular weight excluding hydrogens is 250 g/mol. The van der Waals surface area contributed by atoms with Gasteiger partial charge >= 0.3 is 0 Å². The van der Waals surface area contributed by atoms with E-state index < -0.39 is 0 Å². The van der Waals surface area contributed by atoms with Gasteiger partial charge in [0.15, 0.2) is 0 Å². The summed E-state index contributed by atoms with van der Waals surface area (Å²) in [5, 5.41) is 10.1. The number of hydrogen-bond donors (Lipinski definition) is 1. The second-order valence-electron chi connectivity index (χ2n) is 3.79. The zero-order chi connectivity index (χ0) is 13.1. The summed E-state index contributed by atoms with van der Waals surface area (Å²) in [6.07, 6.45) is 0. The molecule has 1 aromatic carbocycles. The van der Waals surface area contributed by atoms with E-state index in [-0.39, 0.29) is 6.61 Å². The molecule has 0 amide bonds. The van der Waals surface area contributed by atoms with Crippen LogP contribution in [0.4, 0.5) is 0 Å². The maximum atomic E-state index is 9.20. The van der Waals surface area contributed by atoms with Crippen LogP contribution in [0, 0.1) is 6.92 Å². The number of benzene rings is 1. The fourth-order valence-corrected chi connectivity index (χ4v) is 2.54. The minimum Gasteiger partial charge on any atom is -0.497 e. The quantitative estimate of drug-likeness (QED) is 0.923. The predicted molar refractivity (Wildman–Crippen MR) is 71.3 cm³/mol. The van der Waals surface area contributed by atoms with E-state index in [1.807, 2.05) is 25.1 Å². The van der Waals surface area contributed by atoms with Crippen molar-refractivity contribution in [2.45, 2.75) is 13.5 Å². The molecule has 18 heavy (non-hydrogen) atoms. The van der Waals surface area contributed by atoms with E-state index in [9.17, 15) is 5.11 Å². The molecule has 2 aromatic rings. The molecule has 0 saturated carbocycles. The Balaban J connectivity index is 2.48. The van der Waals surface area contributed by atoms with Gasteiger partial charge in [-0.05, 0) is 19.1 Å². The van der Waals surface area contributed by atoms with Crippen LogP contribution < -0.4 is 9.47 Å². The molecule has 2 rings (SSSR count). The van der Waals surface area contributed by atoms with Crippen molar-refractivity contribution in [3.8, 4) is 22.1 Å². The van der Waals surface area contributed by atoms with Gasteiger partial charge in [0.05, 0.1) is 31.4 Å². The molecule has 0 atom stereocenters. The number of ether oxygens (including phenoxy) is 2. The second kappa shape index (κ2) is 5.37. The average Bonchev–Trinajstić information content (AvgIpc) is 2.79. The topological polar surface area (TPSA) is 51.6 Å². The van der Waals surface area contributed by atoms with Crippen LogP contribution in [0.5, 0.6) is 11.5 Å². The Morgan fingerprint density at radius 1 is 1.17 bits per heavy atom. The lowest BCUT2D eigenvalue weighted by molar-refractivity contribution is 0.284. The molecule has 0 radical (unpaired) electrons. The Morgan fingerprint density at radius 2 is 1.78 bits per heavy atom. The van der Waals surface area contributed by atoms with Crippen LogP contribution >= 0.6 is 11.3 Å². The first kappa shape index (κ1) is 12.9. The maximum absolute atomic E-state index is 9.20. The summed E-state index contributed by atoms with van der Waals surface area (Å²) in [6, 6.07) is 5.63. The van der Waals surface area contributed by atoms with Crippen LogP contribution in [0.25, 0.3) is 10.6 Å². The van der Waals surface area contributed by atoms with Gasteiger partial charge in [-0.1, -0.05) is 0 Å². The zero-order valence-corrected chi connectivity index (χ0v) is 11.4. The second-order valence-corrected chi connectivity index (χ2v) is 4.87. The van der Waals surface area contributed by atoms with Gasteiger partial charge in [-0.2, -0.15) is 0 Å². The first-order valence-corrected chi connectivity index (χ1v) is 6.30. The largest absolute Gasteiger partial charge is 0.497 e. The third-order valence-corrected chi connectivity index (χ3v) is 3.83. The summed E-state index contributed by atoms with van der Waals surface area (Å²) >= 11 is 1.48. The van der Waals surface area contributed by atoms with Gasteiger partial charge in [0.2, 0.25) is 0 Å². The molecule has 0 bridgehead atoms. The Kier molecular flexibility index (Phi) is 3.84. The fourth-order valence-electron chi connectivity index (χ4n) is 1.63. The molecule has 0 saturated heterocycles. The molecule has 0 unspecified atom stereocenters. The van der Waals surface area contributed by atoms with Crippen LogP contribution in [-0.4, -0.2) is 24.3 Å². The predicted octanol–water partition coefficient (Wildman–Crippen LogP) is 2.63. The monoisotopic (exact) mass is 265 g/mol. The SMILES string of the molecule is COc1cc(OC)cc(-c2nc(C)c(CO)s2)c1. The fraction of sp³-hybridized carbons (Fsp3) is 0.308. The van der Waals surface area contributed by atoms with Crippen LogP contribution in [0.15, 0.2) is 18.2 Å². The number of aryl methyl sites for hydroxylation is 1. The van der Waals surface area contributed by atoms with Crippen molar-refractivity contribution in [2.24, 2.45) is 0 Å². The van der Waals surface area contributed by atoms with E-state index >= 15 is 0 Å². The molecule has 0 aliphatic rings. The first-order chi connectivity index (χ1) is 8.67. The highest BCUT2D eigenvalue weighted by Gasteiger charge is 2.11. The zero-order valence-electron chi connectivity index (χ0n) is 10.6. The number of thiazole rings is 1. The van der Waals surface area contributed by atoms with Crippen LogP contribution in [-0.2, 0) is 6.61 Å². The number of aliphatic hydroxyl groups is 1.